The topological polar surface area (TPSA) is 134 Å². The molecule has 3 aliphatic rings. The average Bonchev–Trinajstić information content (AvgIpc) is 3.44. The number of aryl methyl sites for hydroxylation is 2. The van der Waals surface area contributed by atoms with E-state index in [0.717, 1.165) is 64.3 Å². The van der Waals surface area contributed by atoms with E-state index in [1.54, 1.807) is 13.2 Å². The molecule has 1 aliphatic heterocycles. The monoisotopic (exact) mass is 603 g/mol. The highest BCUT2D eigenvalue weighted by Crippen LogP contribution is 2.40. The number of primary amides is 1. The molecule has 3 unspecified atom stereocenters. The number of amides is 2. The minimum atomic E-state index is -0.463. The third-order valence-corrected chi connectivity index (χ3v) is 10.2. The first kappa shape index (κ1) is 27.8. The number of carbonyl (C=O) groups excluding carboxylic acids is 2. The number of likely N-dealkylation sites (tertiary alicyclic amines) is 1. The van der Waals surface area contributed by atoms with Gasteiger partial charge in [0.2, 0.25) is 5.91 Å². The molecule has 4 N–H and O–H groups in total. The Bertz CT molecular complexity index is 2040. The summed E-state index contributed by atoms with van der Waals surface area (Å²) in [4.78, 5) is 37.9. The summed E-state index contributed by atoms with van der Waals surface area (Å²) in [7, 11) is 3.62. The highest BCUT2D eigenvalue weighted by Gasteiger charge is 2.47. The third-order valence-electron chi connectivity index (χ3n) is 10.2. The Labute approximate surface area is 261 Å². The van der Waals surface area contributed by atoms with Crippen LogP contribution >= 0.6 is 0 Å². The number of nitrogens with zero attached hydrogens (tertiary/aromatic N) is 5. The molecule has 2 saturated carbocycles. The molecule has 2 bridgehead atoms. The molecule has 0 radical (unpaired) electrons. The standard InChI is InChI=1S/C35H37N7O3/c1-18-4-7-20(32(37)43)12-24(18)25-10-8-21-14-28(41(33(21)38-25)16-19-5-6-19)34-39-26-13-23(15-29(45-3)31(26)40(34)2)35(44)42-17-22-9-11-27(42)30(22)36/h4,7-8,10,12-15,19,22,27,30H,5-6,9,11,16-17,36H2,1-3H3,(H2,37,43). The van der Waals surface area contributed by atoms with Gasteiger partial charge in [0.1, 0.15) is 16.9 Å². The molecule has 3 fully saturated rings. The van der Waals surface area contributed by atoms with Crippen molar-refractivity contribution in [1.29, 1.82) is 0 Å². The molecule has 5 aromatic rings. The van der Waals surface area contributed by atoms with Gasteiger partial charge in [-0.1, -0.05) is 6.07 Å². The van der Waals surface area contributed by atoms with Crippen molar-refractivity contribution in [2.24, 2.45) is 30.4 Å². The Balaban J connectivity index is 1.24. The number of pyridine rings is 1. The molecular weight excluding hydrogens is 566 g/mol. The normalized spacial score (nSPS) is 20.9. The van der Waals surface area contributed by atoms with Gasteiger partial charge in [0, 0.05) is 54.3 Å². The molecule has 8 rings (SSSR count). The number of hydrogen-bond donors (Lipinski definition) is 2. The SMILES string of the molecule is COc1cc(C(=O)N2CC3CCC2C3N)cc2nc(-c3cc4ccc(-c5cc(C(N)=O)ccc5C)nc4n3CC3CC3)n(C)c12. The van der Waals surface area contributed by atoms with Gasteiger partial charge >= 0.3 is 0 Å². The minimum absolute atomic E-state index is 0.0136. The lowest BCUT2D eigenvalue weighted by atomic mass is 10.0. The van der Waals surface area contributed by atoms with Gasteiger partial charge in [0.25, 0.3) is 5.91 Å². The molecule has 2 aromatic carbocycles. The van der Waals surface area contributed by atoms with Crippen molar-refractivity contribution in [1.82, 2.24) is 24.0 Å². The summed E-state index contributed by atoms with van der Waals surface area (Å²) in [6, 6.07) is 15.6. The number of piperidine rings is 1. The van der Waals surface area contributed by atoms with Crippen LogP contribution in [0.1, 0.15) is 52.0 Å². The maximum Gasteiger partial charge on any atom is 0.254 e. The maximum absolute atomic E-state index is 13.7. The van der Waals surface area contributed by atoms with Crippen molar-refractivity contribution >= 4 is 33.9 Å². The first-order valence-electron chi connectivity index (χ1n) is 15.7. The summed E-state index contributed by atoms with van der Waals surface area (Å²) in [5.41, 5.74) is 19.1. The summed E-state index contributed by atoms with van der Waals surface area (Å²) in [6.07, 6.45) is 4.42. The summed E-state index contributed by atoms with van der Waals surface area (Å²) in [5.74, 6) is 1.88. The summed E-state index contributed by atoms with van der Waals surface area (Å²) < 4.78 is 10.2. The van der Waals surface area contributed by atoms with Gasteiger partial charge < -0.3 is 30.2 Å². The molecule has 2 amide bonds. The van der Waals surface area contributed by atoms with Gasteiger partial charge in [-0.2, -0.15) is 0 Å². The van der Waals surface area contributed by atoms with Crippen LogP contribution in [-0.4, -0.2) is 61.6 Å². The number of aromatic nitrogens is 4. The number of nitrogens with two attached hydrogens (primary N) is 2. The molecule has 10 heteroatoms. The van der Waals surface area contributed by atoms with Crippen LogP contribution in [0.3, 0.4) is 0 Å². The van der Waals surface area contributed by atoms with Gasteiger partial charge in [-0.25, -0.2) is 9.97 Å². The molecule has 4 heterocycles. The van der Waals surface area contributed by atoms with Crippen LogP contribution < -0.4 is 16.2 Å². The van der Waals surface area contributed by atoms with E-state index in [9.17, 15) is 9.59 Å². The van der Waals surface area contributed by atoms with E-state index in [1.807, 2.05) is 49.2 Å². The number of hydrogen-bond acceptors (Lipinski definition) is 6. The fraction of sp³-hybridized carbons (Fsp3) is 0.371. The third kappa shape index (κ3) is 4.41. The van der Waals surface area contributed by atoms with Gasteiger partial charge in [0.15, 0.2) is 5.82 Å². The highest BCUT2D eigenvalue weighted by molar-refractivity contribution is 6.00. The molecule has 1 saturated heterocycles. The van der Waals surface area contributed by atoms with Gasteiger partial charge in [0.05, 0.1) is 24.0 Å². The lowest BCUT2D eigenvalue weighted by molar-refractivity contribution is 0.0700. The zero-order valence-electron chi connectivity index (χ0n) is 25.8. The summed E-state index contributed by atoms with van der Waals surface area (Å²) in [5, 5.41) is 1.01. The van der Waals surface area contributed by atoms with Crippen molar-refractivity contribution in [3.63, 3.8) is 0 Å². The van der Waals surface area contributed by atoms with Crippen molar-refractivity contribution in [2.45, 2.75) is 51.2 Å². The van der Waals surface area contributed by atoms with Crippen LogP contribution in [-0.2, 0) is 13.6 Å². The molecule has 45 heavy (non-hydrogen) atoms. The molecule has 2 aliphatic carbocycles. The molecule has 10 nitrogen and oxygen atoms in total. The second kappa shape index (κ2) is 10.2. The Kier molecular flexibility index (Phi) is 6.29. The highest BCUT2D eigenvalue weighted by atomic mass is 16.5. The Hall–Kier alpha value is -4.70. The fourth-order valence-corrected chi connectivity index (χ4v) is 7.52. The van der Waals surface area contributed by atoms with Crippen LogP contribution in [0.25, 0.3) is 44.8 Å². The number of rotatable bonds is 7. The Morgan fingerprint density at radius 3 is 2.51 bits per heavy atom. The minimum Gasteiger partial charge on any atom is -0.494 e. The van der Waals surface area contributed by atoms with Crippen LogP contribution in [0.15, 0.2) is 48.5 Å². The number of imidazole rings is 1. The second-order valence-corrected chi connectivity index (χ2v) is 13.1. The number of carbonyl (C=O) groups is 2. The predicted molar refractivity (Wildman–Crippen MR) is 173 cm³/mol. The van der Waals surface area contributed by atoms with Crippen LogP contribution in [0, 0.1) is 18.8 Å². The molecular formula is C35H37N7O3. The number of benzene rings is 2. The lowest BCUT2D eigenvalue weighted by Crippen LogP contribution is -2.41. The zero-order valence-corrected chi connectivity index (χ0v) is 25.8. The number of methoxy groups -OCH3 is 1. The fourth-order valence-electron chi connectivity index (χ4n) is 7.52. The van der Waals surface area contributed by atoms with Crippen molar-refractivity contribution in [3.05, 3.63) is 65.2 Å². The van der Waals surface area contributed by atoms with Crippen molar-refractivity contribution < 1.29 is 14.3 Å². The van der Waals surface area contributed by atoms with E-state index in [1.165, 1.54) is 12.8 Å². The lowest BCUT2D eigenvalue weighted by Gasteiger charge is -2.27. The molecule has 3 aromatic heterocycles. The number of fused-ring (bicyclic) bond motifs is 4. The zero-order chi connectivity index (χ0) is 31.1. The maximum atomic E-state index is 13.7. The largest absolute Gasteiger partial charge is 0.494 e. The Morgan fingerprint density at radius 2 is 1.82 bits per heavy atom. The first-order chi connectivity index (χ1) is 21.7. The Morgan fingerprint density at radius 1 is 1.00 bits per heavy atom. The quantitative estimate of drug-likeness (QED) is 0.278. The van der Waals surface area contributed by atoms with Crippen LogP contribution in [0.2, 0.25) is 0 Å². The average molecular weight is 604 g/mol. The predicted octanol–water partition coefficient (Wildman–Crippen LogP) is 4.64. The van der Waals surface area contributed by atoms with E-state index >= 15 is 0 Å². The van der Waals surface area contributed by atoms with Crippen molar-refractivity contribution in [3.8, 4) is 28.5 Å². The van der Waals surface area contributed by atoms with Crippen molar-refractivity contribution in [2.75, 3.05) is 13.7 Å². The molecule has 0 spiro atoms. The van der Waals surface area contributed by atoms with Crippen LogP contribution in [0.5, 0.6) is 5.75 Å². The van der Waals surface area contributed by atoms with Gasteiger partial charge in [-0.3, -0.25) is 9.59 Å². The van der Waals surface area contributed by atoms with E-state index in [0.29, 0.717) is 40.8 Å². The van der Waals surface area contributed by atoms with Gasteiger partial charge in [-0.05, 0) is 92.5 Å². The van der Waals surface area contributed by atoms with E-state index in [2.05, 4.69) is 21.3 Å². The molecule has 230 valence electrons. The number of ether oxygens (including phenoxy) is 1. The summed E-state index contributed by atoms with van der Waals surface area (Å²) in [6.45, 7) is 3.55. The van der Waals surface area contributed by atoms with E-state index < -0.39 is 5.91 Å². The van der Waals surface area contributed by atoms with Crippen LogP contribution in [0.4, 0.5) is 0 Å². The first-order valence-corrected chi connectivity index (χ1v) is 15.7. The summed E-state index contributed by atoms with van der Waals surface area (Å²) >= 11 is 0. The second-order valence-electron chi connectivity index (χ2n) is 13.1. The smallest absolute Gasteiger partial charge is 0.254 e. The van der Waals surface area contributed by atoms with Gasteiger partial charge in [-0.15, -0.1) is 0 Å². The molecule has 3 atom stereocenters. The van der Waals surface area contributed by atoms with E-state index in [-0.39, 0.29) is 18.0 Å². The van der Waals surface area contributed by atoms with E-state index in [4.69, 9.17) is 26.2 Å².